The second-order valence-electron chi connectivity index (χ2n) is 18.8. The number of hydrogen-bond acceptors (Lipinski definition) is 6. The van der Waals surface area contributed by atoms with Crippen LogP contribution in [0.1, 0.15) is 107 Å². The number of phenolic OH excluding ortho intramolecular Hbond substituents is 1. The van der Waals surface area contributed by atoms with Crippen molar-refractivity contribution in [2.75, 3.05) is 6.54 Å². The van der Waals surface area contributed by atoms with E-state index in [0.29, 0.717) is 25.3 Å². The Balaban J connectivity index is 1.14. The monoisotopic (exact) mass is 797 g/mol. The molecule has 0 radical (unpaired) electrons. The van der Waals surface area contributed by atoms with Crippen LogP contribution in [-0.2, 0) is 26.8 Å². The van der Waals surface area contributed by atoms with Gasteiger partial charge in [-0.2, -0.15) is 0 Å². The average Bonchev–Trinajstić information content (AvgIpc) is 3.70. The SMILES string of the molecule is NCCC1=CC(C(C=O)CCCCCC2CC3=CC(C(O)O)C(C(=O)O)C4(CCC5C=c6ccccc6=CC5C4)c4cccc(c4)CC2(c2ccc(O)cc2)CC3)CC1. The smallest absolute Gasteiger partial charge is 0.308 e. The van der Waals surface area contributed by atoms with Crippen LogP contribution in [0.25, 0.3) is 12.2 Å². The van der Waals surface area contributed by atoms with Gasteiger partial charge in [0, 0.05) is 22.7 Å². The summed E-state index contributed by atoms with van der Waals surface area (Å²) in [4.78, 5) is 26.1. The third kappa shape index (κ3) is 8.40. The highest BCUT2D eigenvalue weighted by atomic mass is 16.5. The number of carbonyl (C=O) groups is 2. The molecule has 7 nitrogen and oxygen atoms in total. The van der Waals surface area contributed by atoms with Gasteiger partial charge in [0.05, 0.1) is 5.92 Å². The maximum absolute atomic E-state index is 13.8. The number of benzene rings is 3. The third-order valence-electron chi connectivity index (χ3n) is 15.6. The molecule has 3 aromatic carbocycles. The largest absolute Gasteiger partial charge is 0.508 e. The van der Waals surface area contributed by atoms with E-state index in [1.807, 2.05) is 6.08 Å². The molecule has 9 atom stereocenters. The summed E-state index contributed by atoms with van der Waals surface area (Å²) < 4.78 is 0. The Hall–Kier alpha value is -4.30. The quantitative estimate of drug-likeness (QED) is 0.0519. The lowest BCUT2D eigenvalue weighted by Crippen LogP contribution is -2.52. The fourth-order valence-electron chi connectivity index (χ4n) is 12.6. The first-order valence-corrected chi connectivity index (χ1v) is 22.4. The van der Waals surface area contributed by atoms with Crippen LogP contribution in [0.15, 0.2) is 96.1 Å². The minimum atomic E-state index is -1.83. The summed E-state index contributed by atoms with van der Waals surface area (Å²) >= 11 is 0. The number of unbranched alkanes of at least 4 members (excludes halogenated alkanes) is 2. The van der Waals surface area contributed by atoms with E-state index >= 15 is 0 Å². The predicted molar refractivity (Wildman–Crippen MR) is 232 cm³/mol. The summed E-state index contributed by atoms with van der Waals surface area (Å²) in [6.45, 7) is 0.649. The Labute approximate surface area is 349 Å². The zero-order chi connectivity index (χ0) is 41.1. The second-order valence-corrected chi connectivity index (χ2v) is 18.8. The van der Waals surface area contributed by atoms with Crippen LogP contribution < -0.4 is 16.2 Å². The Kier molecular flexibility index (Phi) is 12.5. The van der Waals surface area contributed by atoms with Crippen molar-refractivity contribution in [2.45, 2.75) is 113 Å². The number of allylic oxidation sites excluding steroid dienone is 2. The van der Waals surface area contributed by atoms with Gasteiger partial charge in [0.1, 0.15) is 12.0 Å². The molecular formula is C52H63NO6. The summed E-state index contributed by atoms with van der Waals surface area (Å²) in [5.74, 6) is -1.81. The standard InChI is InChI=1S/C52H63NO6/c53-24-21-34-13-14-39(25-34)41(33-54)10-2-1-3-11-44-26-35-19-22-51(44,43-15-17-46(55)18-16-43)31-36-7-6-12-45(27-36)52(48(50(58)59)47(28-35)49(56)57)23-20-40-29-37-8-4-5-9-38(37)30-42(40)32-52/h4-9,12,15-18,25,27-30,33,39-42,44,47-49,55-57H,1-3,10-11,13-14,19-24,26,31-32,53H2,(H,58,59). The first-order valence-electron chi connectivity index (χ1n) is 22.4. The number of nitrogens with two attached hydrogens (primary N) is 1. The van der Waals surface area contributed by atoms with Gasteiger partial charge in [-0.25, -0.2) is 0 Å². The summed E-state index contributed by atoms with van der Waals surface area (Å²) in [6, 6.07) is 24.8. The van der Waals surface area contributed by atoms with Crippen LogP contribution in [-0.4, -0.2) is 45.5 Å². The second kappa shape index (κ2) is 17.7. The van der Waals surface area contributed by atoms with Crippen molar-refractivity contribution < 1.29 is 30.0 Å². The zero-order valence-corrected chi connectivity index (χ0v) is 34.4. The number of aliphatic carboxylic acids is 1. The van der Waals surface area contributed by atoms with E-state index in [1.54, 1.807) is 12.1 Å². The lowest BCUT2D eigenvalue weighted by atomic mass is 9.52. The number of carbonyl (C=O) groups excluding carboxylic acids is 1. The number of carboxylic acid groups (broad SMARTS) is 1. The van der Waals surface area contributed by atoms with Crippen LogP contribution in [0.3, 0.4) is 0 Å². The van der Waals surface area contributed by atoms with Crippen molar-refractivity contribution in [2.24, 2.45) is 47.2 Å². The van der Waals surface area contributed by atoms with E-state index in [9.17, 15) is 30.0 Å². The topological polar surface area (TPSA) is 141 Å². The van der Waals surface area contributed by atoms with Crippen molar-refractivity contribution >= 4 is 24.4 Å². The van der Waals surface area contributed by atoms with E-state index in [4.69, 9.17) is 5.73 Å². The number of aldehydes is 1. The minimum absolute atomic E-state index is 0.0377. The Morgan fingerprint density at radius 1 is 0.831 bits per heavy atom. The lowest BCUT2D eigenvalue weighted by Gasteiger charge is -2.51. The van der Waals surface area contributed by atoms with Crippen LogP contribution in [0.2, 0.25) is 0 Å². The molecule has 1 spiro atoms. The molecule has 3 aromatic rings. The molecule has 9 unspecified atom stereocenters. The maximum atomic E-state index is 13.8. The molecule has 312 valence electrons. The number of hydrogen-bond donors (Lipinski definition) is 5. The molecule has 0 amide bonds. The predicted octanol–water partition coefficient (Wildman–Crippen LogP) is 7.62. The molecule has 4 bridgehead atoms. The van der Waals surface area contributed by atoms with Gasteiger partial charge in [0.25, 0.3) is 0 Å². The molecule has 6 aliphatic rings. The highest BCUT2D eigenvalue weighted by molar-refractivity contribution is 5.74. The molecule has 9 rings (SSSR count). The number of phenols is 1. The fourth-order valence-corrected chi connectivity index (χ4v) is 12.6. The summed E-state index contributed by atoms with van der Waals surface area (Å²) in [6.07, 6.45) is 21.2. The Bertz CT molecular complexity index is 2170. The molecule has 0 heterocycles. The fraction of sp³-hybridized carbons (Fsp3) is 0.500. The van der Waals surface area contributed by atoms with Crippen LogP contribution in [0.5, 0.6) is 5.75 Å². The number of aliphatic hydroxyl groups excluding tert-OH is 1. The summed E-state index contributed by atoms with van der Waals surface area (Å²) in [5, 5.41) is 46.6. The van der Waals surface area contributed by atoms with Crippen LogP contribution in [0, 0.1) is 41.4 Å². The number of fused-ring (bicyclic) bond motifs is 6. The number of rotatable bonds is 13. The molecule has 59 heavy (non-hydrogen) atoms. The van der Waals surface area contributed by atoms with E-state index < -0.39 is 29.5 Å². The number of aromatic hydroxyl groups is 1. The van der Waals surface area contributed by atoms with E-state index in [0.717, 1.165) is 106 Å². The zero-order valence-electron chi connectivity index (χ0n) is 34.4. The van der Waals surface area contributed by atoms with Crippen molar-refractivity contribution in [3.63, 3.8) is 0 Å². The normalized spacial score (nSPS) is 30.4. The van der Waals surface area contributed by atoms with Crippen LogP contribution in [0.4, 0.5) is 0 Å². The van der Waals surface area contributed by atoms with E-state index in [2.05, 4.69) is 78.9 Å². The minimum Gasteiger partial charge on any atom is -0.508 e. The first-order chi connectivity index (χ1) is 28.6. The van der Waals surface area contributed by atoms with E-state index in [-0.39, 0.29) is 34.8 Å². The van der Waals surface area contributed by atoms with Crippen molar-refractivity contribution in [1.82, 2.24) is 0 Å². The third-order valence-corrected chi connectivity index (χ3v) is 15.6. The number of carboxylic acids is 1. The van der Waals surface area contributed by atoms with Gasteiger partial charge in [-0.3, -0.25) is 4.79 Å². The molecule has 2 fully saturated rings. The molecular weight excluding hydrogens is 735 g/mol. The summed E-state index contributed by atoms with van der Waals surface area (Å²) in [7, 11) is 0. The van der Waals surface area contributed by atoms with Gasteiger partial charge in [-0.05, 0) is 147 Å². The van der Waals surface area contributed by atoms with Crippen molar-refractivity contribution in [3.05, 3.63) is 123 Å². The molecule has 6 aliphatic carbocycles. The lowest BCUT2D eigenvalue weighted by molar-refractivity contribution is -0.158. The molecule has 0 aromatic heterocycles. The van der Waals surface area contributed by atoms with Gasteiger partial charge in [-0.15, -0.1) is 0 Å². The van der Waals surface area contributed by atoms with Gasteiger partial charge < -0.3 is 31.0 Å². The van der Waals surface area contributed by atoms with Gasteiger partial charge >= 0.3 is 5.97 Å². The average molecular weight is 798 g/mol. The maximum Gasteiger partial charge on any atom is 0.308 e. The molecule has 0 aliphatic heterocycles. The Morgan fingerprint density at radius 2 is 1.61 bits per heavy atom. The summed E-state index contributed by atoms with van der Waals surface area (Å²) in [5.41, 5.74) is 10.6. The van der Waals surface area contributed by atoms with Gasteiger partial charge in [-0.1, -0.05) is 115 Å². The highest BCUT2D eigenvalue weighted by Crippen LogP contribution is 2.56. The molecule has 7 heteroatoms. The molecule has 2 saturated carbocycles. The number of aliphatic hydroxyl groups is 2. The van der Waals surface area contributed by atoms with Gasteiger partial charge in [0.2, 0.25) is 0 Å². The Morgan fingerprint density at radius 3 is 2.34 bits per heavy atom. The van der Waals surface area contributed by atoms with Gasteiger partial charge in [0.15, 0.2) is 6.29 Å². The molecule has 6 N–H and O–H groups in total. The highest BCUT2D eigenvalue weighted by Gasteiger charge is 2.54. The van der Waals surface area contributed by atoms with Crippen molar-refractivity contribution in [3.8, 4) is 5.75 Å². The first kappa shape index (κ1) is 41.4. The van der Waals surface area contributed by atoms with Crippen molar-refractivity contribution in [1.29, 1.82) is 0 Å². The van der Waals surface area contributed by atoms with Crippen LogP contribution >= 0.6 is 0 Å². The van der Waals surface area contributed by atoms with E-state index in [1.165, 1.54) is 21.6 Å². The molecule has 0 saturated heterocycles.